The van der Waals surface area contributed by atoms with Gasteiger partial charge in [-0.3, -0.25) is 0 Å². The van der Waals surface area contributed by atoms with Gasteiger partial charge in [0.2, 0.25) is 0 Å². The maximum absolute atomic E-state index is 2.50. The van der Waals surface area contributed by atoms with Gasteiger partial charge >= 0.3 is 0 Å². The average Bonchev–Trinajstić information content (AvgIpc) is 3.76. The topological polar surface area (TPSA) is 3.24 Å². The lowest BCUT2D eigenvalue weighted by molar-refractivity contribution is 0.660. The first-order chi connectivity index (χ1) is 28.0. The summed E-state index contributed by atoms with van der Waals surface area (Å²) < 4.78 is 2.64. The van der Waals surface area contributed by atoms with Crippen molar-refractivity contribution in [3.63, 3.8) is 0 Å². The van der Waals surface area contributed by atoms with Gasteiger partial charge in [0.25, 0.3) is 0 Å². The van der Waals surface area contributed by atoms with Crippen LogP contribution in [0, 0.1) is 0 Å². The highest BCUT2D eigenvalue weighted by atomic mass is 32.1. The van der Waals surface area contributed by atoms with Crippen LogP contribution in [0.15, 0.2) is 200 Å². The molecule has 2 heteroatoms. The molecule has 1 aliphatic carbocycles. The summed E-state index contributed by atoms with van der Waals surface area (Å²) in [6, 6.07) is 73.9. The van der Waals surface area contributed by atoms with Gasteiger partial charge in [0.05, 0.1) is 11.4 Å². The lowest BCUT2D eigenvalue weighted by atomic mass is 9.82. The van der Waals surface area contributed by atoms with Crippen LogP contribution in [-0.4, -0.2) is 0 Å². The summed E-state index contributed by atoms with van der Waals surface area (Å²) in [5.74, 6) is 0. The molecule has 1 heterocycles. The highest BCUT2D eigenvalue weighted by Gasteiger charge is 2.37. The minimum absolute atomic E-state index is 0.0960. The fraction of sp³-hybridized carbons (Fsp3) is 0.0545. The summed E-state index contributed by atoms with van der Waals surface area (Å²) in [6.45, 7) is 4.73. The molecule has 0 amide bonds. The summed E-state index contributed by atoms with van der Waals surface area (Å²) in [5, 5.41) is 5.10. The first kappa shape index (κ1) is 33.6. The van der Waals surface area contributed by atoms with E-state index in [-0.39, 0.29) is 5.41 Å². The smallest absolute Gasteiger partial charge is 0.0540 e. The van der Waals surface area contributed by atoms with E-state index in [1.54, 1.807) is 0 Å². The molecule has 9 aromatic carbocycles. The molecule has 0 saturated carbocycles. The van der Waals surface area contributed by atoms with Gasteiger partial charge < -0.3 is 4.90 Å². The number of benzene rings is 9. The number of anilines is 3. The van der Waals surface area contributed by atoms with Crippen molar-refractivity contribution in [1.82, 2.24) is 0 Å². The largest absolute Gasteiger partial charge is 0.309 e. The molecule has 0 N–H and O–H groups in total. The predicted octanol–water partition coefficient (Wildman–Crippen LogP) is 16.0. The van der Waals surface area contributed by atoms with Crippen LogP contribution >= 0.6 is 11.3 Å². The average molecular weight is 746 g/mol. The normalized spacial score (nSPS) is 12.9. The van der Waals surface area contributed by atoms with Crippen molar-refractivity contribution >= 4 is 59.3 Å². The zero-order valence-corrected chi connectivity index (χ0v) is 32.7. The molecular formula is C55H39NS. The standard InChI is InChI=1S/C55H39NS/c1-55(2)48-27-9-5-23-47(48)53-45(25-15-28-49(53)55)43-21-7-11-30-51(43)56(50-29-10-6-20-41(50)39-33-32-36-16-3-4-17-37(36)34-39)40-19-13-18-38(35-40)42-24-14-26-46-44-22-8-12-31-52(44)57-54(42)46/h3-35H,1-2H3. The Bertz CT molecular complexity index is 3180. The molecule has 10 aromatic rings. The Kier molecular flexibility index (Phi) is 7.77. The fourth-order valence-electron chi connectivity index (χ4n) is 9.34. The van der Waals surface area contributed by atoms with Gasteiger partial charge in [0.1, 0.15) is 0 Å². The minimum Gasteiger partial charge on any atom is -0.309 e. The van der Waals surface area contributed by atoms with Gasteiger partial charge in [-0.15, -0.1) is 11.3 Å². The van der Waals surface area contributed by atoms with Crippen molar-refractivity contribution in [3.8, 4) is 44.5 Å². The zero-order chi connectivity index (χ0) is 38.1. The molecule has 0 radical (unpaired) electrons. The van der Waals surface area contributed by atoms with Gasteiger partial charge in [-0.2, -0.15) is 0 Å². The highest BCUT2D eigenvalue weighted by molar-refractivity contribution is 7.26. The number of nitrogens with zero attached hydrogens (tertiary/aromatic N) is 1. The Morgan fingerprint density at radius 3 is 1.88 bits per heavy atom. The lowest BCUT2D eigenvalue weighted by Gasteiger charge is -2.31. The summed E-state index contributed by atoms with van der Waals surface area (Å²) >= 11 is 1.88. The van der Waals surface area contributed by atoms with E-state index in [1.165, 1.54) is 86.6 Å². The monoisotopic (exact) mass is 745 g/mol. The van der Waals surface area contributed by atoms with E-state index in [0.717, 1.165) is 17.1 Å². The van der Waals surface area contributed by atoms with Crippen LogP contribution in [0.1, 0.15) is 25.0 Å². The summed E-state index contributed by atoms with van der Waals surface area (Å²) in [5.41, 5.74) is 16.0. The van der Waals surface area contributed by atoms with Crippen molar-refractivity contribution < 1.29 is 0 Å². The summed E-state index contributed by atoms with van der Waals surface area (Å²) in [7, 11) is 0. The van der Waals surface area contributed by atoms with Gasteiger partial charge in [0.15, 0.2) is 0 Å². The summed E-state index contributed by atoms with van der Waals surface area (Å²) in [6.07, 6.45) is 0. The molecular weight excluding hydrogens is 707 g/mol. The Hall–Kier alpha value is -6.74. The van der Waals surface area contributed by atoms with Gasteiger partial charge in [-0.1, -0.05) is 178 Å². The molecule has 11 rings (SSSR count). The van der Waals surface area contributed by atoms with Crippen LogP contribution in [0.3, 0.4) is 0 Å². The van der Waals surface area contributed by atoms with Gasteiger partial charge in [-0.25, -0.2) is 0 Å². The number of hydrogen-bond acceptors (Lipinski definition) is 2. The fourth-order valence-corrected chi connectivity index (χ4v) is 10.6. The molecule has 57 heavy (non-hydrogen) atoms. The summed E-state index contributed by atoms with van der Waals surface area (Å²) in [4.78, 5) is 2.50. The quantitative estimate of drug-likeness (QED) is 0.164. The predicted molar refractivity (Wildman–Crippen MR) is 245 cm³/mol. The Balaban J connectivity index is 1.17. The van der Waals surface area contributed by atoms with Crippen LogP contribution in [0.5, 0.6) is 0 Å². The number of fused-ring (bicyclic) bond motifs is 7. The first-order valence-corrected chi connectivity index (χ1v) is 20.6. The second-order valence-corrected chi connectivity index (χ2v) is 16.7. The van der Waals surface area contributed by atoms with Crippen molar-refractivity contribution in [3.05, 3.63) is 211 Å². The molecule has 270 valence electrons. The maximum atomic E-state index is 2.50. The SMILES string of the molecule is CC1(C)c2ccccc2-c2c(-c3ccccc3N(c3cccc(-c4cccc5c4sc4ccccc45)c3)c3ccccc3-c3ccc4ccccc4c3)cccc21. The Labute approximate surface area is 337 Å². The highest BCUT2D eigenvalue weighted by Crippen LogP contribution is 2.54. The molecule has 1 aromatic heterocycles. The minimum atomic E-state index is -0.0960. The third-order valence-corrected chi connectivity index (χ3v) is 13.3. The molecule has 0 unspecified atom stereocenters. The molecule has 0 fully saturated rings. The van der Waals surface area contributed by atoms with E-state index in [9.17, 15) is 0 Å². The molecule has 0 aliphatic heterocycles. The number of thiophene rings is 1. The van der Waals surface area contributed by atoms with Crippen LogP contribution in [0.4, 0.5) is 17.1 Å². The third kappa shape index (κ3) is 5.36. The number of rotatable bonds is 6. The Morgan fingerprint density at radius 2 is 1.00 bits per heavy atom. The molecule has 0 atom stereocenters. The molecule has 1 nitrogen and oxygen atoms in total. The van der Waals surface area contributed by atoms with E-state index in [1.807, 2.05) is 11.3 Å². The maximum Gasteiger partial charge on any atom is 0.0540 e. The number of hydrogen-bond donors (Lipinski definition) is 0. The van der Waals surface area contributed by atoms with Crippen LogP contribution < -0.4 is 4.90 Å². The van der Waals surface area contributed by atoms with Crippen LogP contribution in [0.2, 0.25) is 0 Å². The Morgan fingerprint density at radius 1 is 0.404 bits per heavy atom. The second kappa shape index (κ2) is 13.2. The third-order valence-electron chi connectivity index (χ3n) is 12.1. The van der Waals surface area contributed by atoms with E-state index in [4.69, 9.17) is 0 Å². The molecule has 0 spiro atoms. The lowest BCUT2D eigenvalue weighted by Crippen LogP contribution is -2.15. The molecule has 0 bridgehead atoms. The first-order valence-electron chi connectivity index (χ1n) is 19.8. The van der Waals surface area contributed by atoms with E-state index >= 15 is 0 Å². The van der Waals surface area contributed by atoms with E-state index in [2.05, 4.69) is 219 Å². The van der Waals surface area contributed by atoms with Crippen LogP contribution in [-0.2, 0) is 5.41 Å². The van der Waals surface area contributed by atoms with Gasteiger partial charge in [0, 0.05) is 42.4 Å². The van der Waals surface area contributed by atoms with E-state index < -0.39 is 0 Å². The second-order valence-electron chi connectivity index (χ2n) is 15.7. The number of para-hydroxylation sites is 2. The zero-order valence-electron chi connectivity index (χ0n) is 31.9. The van der Waals surface area contributed by atoms with Gasteiger partial charge in [-0.05, 0) is 91.7 Å². The van der Waals surface area contributed by atoms with E-state index in [0.29, 0.717) is 0 Å². The van der Waals surface area contributed by atoms with Crippen molar-refractivity contribution in [1.29, 1.82) is 0 Å². The van der Waals surface area contributed by atoms with Crippen LogP contribution in [0.25, 0.3) is 75.5 Å². The molecule has 1 aliphatic rings. The van der Waals surface area contributed by atoms with Crippen molar-refractivity contribution in [2.75, 3.05) is 4.90 Å². The van der Waals surface area contributed by atoms with Crippen molar-refractivity contribution in [2.45, 2.75) is 19.3 Å². The molecule has 0 saturated heterocycles. The van der Waals surface area contributed by atoms with Crippen molar-refractivity contribution in [2.24, 2.45) is 0 Å².